The Labute approximate surface area is 97.9 Å². The van der Waals surface area contributed by atoms with Gasteiger partial charge in [-0.3, -0.25) is 0 Å². The van der Waals surface area contributed by atoms with Crippen molar-refractivity contribution in [2.75, 3.05) is 0 Å². The molecule has 0 bridgehead atoms. The Morgan fingerprint density at radius 1 is 1.25 bits per heavy atom. The molecule has 6 heteroatoms. The fourth-order valence-electron chi connectivity index (χ4n) is 1.36. The van der Waals surface area contributed by atoms with E-state index in [0.717, 1.165) is 5.69 Å². The van der Waals surface area contributed by atoms with Gasteiger partial charge in [0.25, 0.3) is 0 Å². The van der Waals surface area contributed by atoms with Crippen LogP contribution in [0.3, 0.4) is 0 Å². The van der Waals surface area contributed by atoms with Crippen LogP contribution in [-0.2, 0) is 14.8 Å². The molecule has 0 fully saturated rings. The quantitative estimate of drug-likeness (QED) is 0.789. The fraction of sp³-hybridized carbons (Fsp3) is 0.100. The van der Waals surface area contributed by atoms with Crippen LogP contribution in [0.2, 0.25) is 0 Å². The molecule has 0 atom stereocenters. The third-order valence-electron chi connectivity index (χ3n) is 2.00. The van der Waals surface area contributed by atoms with Gasteiger partial charge in [-0.2, -0.15) is 5.10 Å². The van der Waals surface area contributed by atoms with Crippen molar-refractivity contribution in [1.82, 2.24) is 9.78 Å². The summed E-state index contributed by atoms with van der Waals surface area (Å²) in [6.07, 6.45) is 3.14. The van der Waals surface area contributed by atoms with Gasteiger partial charge < -0.3 is 0 Å². The van der Waals surface area contributed by atoms with Gasteiger partial charge in [-0.05, 0) is 12.1 Å². The maximum atomic E-state index is 10.9. The molecule has 0 aliphatic heterocycles. The summed E-state index contributed by atoms with van der Waals surface area (Å²) in [6, 6.07) is 9.43. The molecule has 0 spiro atoms. The van der Waals surface area contributed by atoms with Gasteiger partial charge in [0, 0.05) is 22.4 Å². The van der Waals surface area contributed by atoms with Crippen LogP contribution in [0.4, 0.5) is 0 Å². The minimum absolute atomic E-state index is 0.207. The normalized spacial score (nSPS) is 11.6. The standard InChI is InChI=1S/C10H9ClN2O2S/c11-16(14,15)8-9-6-12-13(7-9)10-4-2-1-3-5-10/h1-7H,8H2. The van der Waals surface area contributed by atoms with Crippen molar-refractivity contribution >= 4 is 19.7 Å². The minimum Gasteiger partial charge on any atom is -0.241 e. The molecule has 0 amide bonds. The SMILES string of the molecule is O=S(=O)(Cl)Cc1cnn(-c2ccccc2)c1. The summed E-state index contributed by atoms with van der Waals surface area (Å²) in [5.41, 5.74) is 1.44. The average molecular weight is 257 g/mol. The fourth-order valence-corrected chi connectivity index (χ4v) is 2.28. The first-order chi connectivity index (χ1) is 7.54. The molecule has 2 aromatic rings. The molecule has 0 N–H and O–H groups in total. The highest BCUT2D eigenvalue weighted by atomic mass is 35.7. The Morgan fingerprint density at radius 3 is 2.56 bits per heavy atom. The zero-order valence-corrected chi connectivity index (χ0v) is 9.82. The molecule has 0 unspecified atom stereocenters. The summed E-state index contributed by atoms with van der Waals surface area (Å²) in [7, 11) is 1.63. The van der Waals surface area contributed by atoms with Crippen LogP contribution in [0, 0.1) is 0 Å². The summed E-state index contributed by atoms with van der Waals surface area (Å²) < 4.78 is 23.4. The van der Waals surface area contributed by atoms with Gasteiger partial charge in [-0.1, -0.05) is 18.2 Å². The molecular weight excluding hydrogens is 248 g/mol. The number of benzene rings is 1. The summed E-state index contributed by atoms with van der Waals surface area (Å²) in [5.74, 6) is -0.207. The van der Waals surface area contributed by atoms with Crippen LogP contribution in [0.25, 0.3) is 5.69 Å². The molecule has 0 aliphatic carbocycles. The first-order valence-electron chi connectivity index (χ1n) is 4.56. The van der Waals surface area contributed by atoms with E-state index < -0.39 is 9.05 Å². The smallest absolute Gasteiger partial charge is 0.236 e. The predicted molar refractivity (Wildman–Crippen MR) is 62.0 cm³/mol. The lowest BCUT2D eigenvalue weighted by molar-refractivity contribution is 0.609. The van der Waals surface area contributed by atoms with Crippen LogP contribution in [0.15, 0.2) is 42.7 Å². The van der Waals surface area contributed by atoms with Crippen LogP contribution in [-0.4, -0.2) is 18.2 Å². The van der Waals surface area contributed by atoms with Crippen molar-refractivity contribution in [1.29, 1.82) is 0 Å². The molecule has 1 heterocycles. The van der Waals surface area contributed by atoms with E-state index in [1.807, 2.05) is 30.3 Å². The lowest BCUT2D eigenvalue weighted by Crippen LogP contribution is -1.94. The first kappa shape index (κ1) is 11.2. The second kappa shape index (κ2) is 4.27. The van der Waals surface area contributed by atoms with Crippen LogP contribution in [0.5, 0.6) is 0 Å². The number of hydrogen-bond acceptors (Lipinski definition) is 3. The Bertz CT molecular complexity index is 578. The average Bonchev–Trinajstić information content (AvgIpc) is 2.65. The zero-order valence-electron chi connectivity index (χ0n) is 8.25. The molecule has 0 saturated heterocycles. The maximum absolute atomic E-state index is 10.9. The third-order valence-corrected chi connectivity index (χ3v) is 3.00. The molecule has 4 nitrogen and oxygen atoms in total. The first-order valence-corrected chi connectivity index (χ1v) is 7.04. The van der Waals surface area contributed by atoms with Gasteiger partial charge in [0.05, 0.1) is 17.6 Å². The second-order valence-electron chi connectivity index (χ2n) is 3.31. The van der Waals surface area contributed by atoms with Crippen molar-refractivity contribution in [3.05, 3.63) is 48.3 Å². The summed E-state index contributed by atoms with van der Waals surface area (Å²) in [4.78, 5) is 0. The minimum atomic E-state index is -3.53. The molecule has 2 rings (SSSR count). The summed E-state index contributed by atoms with van der Waals surface area (Å²) in [6.45, 7) is 0. The van der Waals surface area contributed by atoms with E-state index in [1.54, 1.807) is 10.9 Å². The third kappa shape index (κ3) is 2.84. The van der Waals surface area contributed by atoms with E-state index in [0.29, 0.717) is 5.56 Å². The highest BCUT2D eigenvalue weighted by molar-refractivity contribution is 8.13. The predicted octanol–water partition coefficient (Wildman–Crippen LogP) is 1.94. The second-order valence-corrected chi connectivity index (χ2v) is 6.09. The van der Waals surface area contributed by atoms with E-state index in [-0.39, 0.29) is 5.75 Å². The van der Waals surface area contributed by atoms with Crippen LogP contribution >= 0.6 is 10.7 Å². The number of rotatable bonds is 3. The zero-order chi connectivity index (χ0) is 11.6. The van der Waals surface area contributed by atoms with Gasteiger partial charge in [-0.25, -0.2) is 13.1 Å². The Morgan fingerprint density at radius 2 is 1.94 bits per heavy atom. The maximum Gasteiger partial charge on any atom is 0.236 e. The van der Waals surface area contributed by atoms with E-state index in [4.69, 9.17) is 10.7 Å². The molecule has 16 heavy (non-hydrogen) atoms. The van der Waals surface area contributed by atoms with Crippen molar-refractivity contribution in [2.24, 2.45) is 0 Å². The van der Waals surface area contributed by atoms with Crippen molar-refractivity contribution in [3.63, 3.8) is 0 Å². The molecule has 1 aromatic heterocycles. The monoisotopic (exact) mass is 256 g/mol. The van der Waals surface area contributed by atoms with Crippen molar-refractivity contribution in [2.45, 2.75) is 5.75 Å². The summed E-state index contributed by atoms with van der Waals surface area (Å²) >= 11 is 0. The Hall–Kier alpha value is -1.33. The largest absolute Gasteiger partial charge is 0.241 e. The van der Waals surface area contributed by atoms with E-state index in [1.165, 1.54) is 6.20 Å². The molecule has 84 valence electrons. The number of nitrogens with zero attached hydrogens (tertiary/aromatic N) is 2. The molecule has 0 aliphatic rings. The van der Waals surface area contributed by atoms with Gasteiger partial charge >= 0.3 is 0 Å². The van der Waals surface area contributed by atoms with Gasteiger partial charge in [0.1, 0.15) is 0 Å². The lowest BCUT2D eigenvalue weighted by Gasteiger charge is -1.98. The van der Waals surface area contributed by atoms with Crippen molar-refractivity contribution < 1.29 is 8.42 Å². The van der Waals surface area contributed by atoms with E-state index >= 15 is 0 Å². The highest BCUT2D eigenvalue weighted by Crippen LogP contribution is 2.11. The van der Waals surface area contributed by atoms with Gasteiger partial charge in [0.15, 0.2) is 0 Å². The van der Waals surface area contributed by atoms with E-state index in [2.05, 4.69) is 5.10 Å². The Balaban J connectivity index is 2.27. The van der Waals surface area contributed by atoms with Crippen LogP contribution in [0.1, 0.15) is 5.56 Å². The number of halogens is 1. The molecule has 1 aromatic carbocycles. The van der Waals surface area contributed by atoms with Crippen molar-refractivity contribution in [3.8, 4) is 5.69 Å². The molecule has 0 saturated carbocycles. The van der Waals surface area contributed by atoms with E-state index in [9.17, 15) is 8.42 Å². The Kier molecular flexibility index (Phi) is 2.98. The highest BCUT2D eigenvalue weighted by Gasteiger charge is 2.09. The summed E-state index contributed by atoms with van der Waals surface area (Å²) in [5, 5.41) is 4.06. The van der Waals surface area contributed by atoms with Gasteiger partial charge in [0.2, 0.25) is 9.05 Å². The molecule has 0 radical (unpaired) electrons. The molecular formula is C10H9ClN2O2S. The number of aromatic nitrogens is 2. The van der Waals surface area contributed by atoms with Gasteiger partial charge in [-0.15, -0.1) is 0 Å². The lowest BCUT2D eigenvalue weighted by atomic mass is 10.3. The number of hydrogen-bond donors (Lipinski definition) is 0. The van der Waals surface area contributed by atoms with Crippen LogP contribution < -0.4 is 0 Å². The number of para-hydroxylation sites is 1. The topological polar surface area (TPSA) is 52.0 Å².